The van der Waals surface area contributed by atoms with Crippen LogP contribution in [-0.4, -0.2) is 43.1 Å². The Kier molecular flexibility index (Phi) is 5.97. The van der Waals surface area contributed by atoms with Gasteiger partial charge >= 0.3 is 6.09 Å². The average molecular weight is 492 g/mol. The largest absolute Gasteiger partial charge is 0.442 e. The molecule has 2 aromatic heterocycles. The molecule has 180 valence electrons. The van der Waals surface area contributed by atoms with Gasteiger partial charge < -0.3 is 10.1 Å². The first-order valence-corrected chi connectivity index (χ1v) is 11.0. The fourth-order valence-corrected chi connectivity index (χ4v) is 3.53. The number of hydrogen-bond donors (Lipinski definition) is 1. The van der Waals surface area contributed by atoms with E-state index in [0.29, 0.717) is 10.6 Å². The molecule has 1 fully saturated rings. The topological polar surface area (TPSA) is 91.0 Å². The van der Waals surface area contributed by atoms with Crippen molar-refractivity contribution in [3.63, 3.8) is 0 Å². The Hall–Kier alpha value is -3.27. The van der Waals surface area contributed by atoms with E-state index in [1.807, 2.05) is 6.07 Å². The Balaban J connectivity index is 1.55. The summed E-state index contributed by atoms with van der Waals surface area (Å²) in [4.78, 5) is 25.6. The first-order valence-electron chi connectivity index (χ1n) is 10.7. The third-order valence-corrected chi connectivity index (χ3v) is 5.53. The van der Waals surface area contributed by atoms with E-state index >= 15 is 0 Å². The lowest BCUT2D eigenvalue weighted by atomic mass is 10.0. The van der Waals surface area contributed by atoms with Gasteiger partial charge in [0.25, 0.3) is 5.92 Å². The normalized spacial score (nSPS) is 17.8. The zero-order chi connectivity index (χ0) is 24.8. The van der Waals surface area contributed by atoms with Crippen LogP contribution in [0.1, 0.15) is 57.2 Å². The van der Waals surface area contributed by atoms with Crippen LogP contribution < -0.4 is 5.32 Å². The van der Waals surface area contributed by atoms with Crippen LogP contribution in [0, 0.1) is 0 Å². The molecule has 0 saturated heterocycles. The Bertz CT molecular complexity index is 1250. The molecule has 1 amide bonds. The van der Waals surface area contributed by atoms with E-state index in [-0.39, 0.29) is 17.9 Å². The number of benzene rings is 1. The molecule has 1 N–H and O–H groups in total. The number of amides is 1. The summed E-state index contributed by atoms with van der Waals surface area (Å²) in [6.45, 7) is 6.67. The van der Waals surface area contributed by atoms with Gasteiger partial charge in [0, 0.05) is 29.3 Å². The van der Waals surface area contributed by atoms with Gasteiger partial charge in [-0.2, -0.15) is 10.2 Å². The van der Waals surface area contributed by atoms with Crippen LogP contribution in [0.25, 0.3) is 5.69 Å². The van der Waals surface area contributed by atoms with E-state index in [4.69, 9.17) is 16.3 Å². The third kappa shape index (κ3) is 5.11. The molecule has 3 aromatic rings. The van der Waals surface area contributed by atoms with Gasteiger partial charge in [0.15, 0.2) is 0 Å². The van der Waals surface area contributed by atoms with E-state index in [1.54, 1.807) is 63.0 Å². The highest BCUT2D eigenvalue weighted by molar-refractivity contribution is 6.30. The summed E-state index contributed by atoms with van der Waals surface area (Å²) in [5, 5.41) is 11.5. The van der Waals surface area contributed by atoms with Crippen LogP contribution in [0.3, 0.4) is 0 Å². The fraction of sp³-hybridized carbons (Fsp3) is 0.391. The van der Waals surface area contributed by atoms with Crippen molar-refractivity contribution < 1.29 is 23.1 Å². The molecule has 0 spiro atoms. The van der Waals surface area contributed by atoms with Crippen molar-refractivity contribution in [3.8, 4) is 5.69 Å². The average Bonchev–Trinajstić information content (AvgIpc) is 3.12. The van der Waals surface area contributed by atoms with Crippen LogP contribution in [-0.2, 0) is 9.53 Å². The SMILES string of the molecule is CC(C(=O)Nc1cc(C2CC2(F)F)nn1C(=O)OC(C)(C)C)c1cnn(-c2cccc(Cl)c2)c1. The zero-order valence-electron chi connectivity index (χ0n) is 19.1. The molecule has 1 aromatic carbocycles. The molecule has 34 heavy (non-hydrogen) atoms. The summed E-state index contributed by atoms with van der Waals surface area (Å²) < 4.78 is 34.9. The lowest BCUT2D eigenvalue weighted by molar-refractivity contribution is -0.117. The van der Waals surface area contributed by atoms with Gasteiger partial charge in [0.1, 0.15) is 11.4 Å². The first kappa shape index (κ1) is 23.9. The smallest absolute Gasteiger partial charge is 0.437 e. The molecule has 4 rings (SSSR count). The Morgan fingerprint density at radius 2 is 2.00 bits per heavy atom. The molecule has 8 nitrogen and oxygen atoms in total. The van der Waals surface area contributed by atoms with Gasteiger partial charge in [0.05, 0.1) is 29.4 Å². The number of anilines is 1. The van der Waals surface area contributed by atoms with Crippen molar-refractivity contribution in [2.45, 2.75) is 57.5 Å². The molecular formula is C23H24ClF2N5O3. The lowest BCUT2D eigenvalue weighted by Crippen LogP contribution is -2.29. The van der Waals surface area contributed by atoms with Crippen molar-refractivity contribution in [3.05, 3.63) is 59.0 Å². The monoisotopic (exact) mass is 491 g/mol. The maximum atomic E-state index is 13.6. The minimum atomic E-state index is -2.88. The summed E-state index contributed by atoms with van der Waals surface area (Å²) in [6, 6.07) is 8.37. The number of ether oxygens (including phenoxy) is 1. The Morgan fingerprint density at radius 3 is 2.62 bits per heavy atom. The number of rotatable bonds is 5. The summed E-state index contributed by atoms with van der Waals surface area (Å²) in [5.41, 5.74) is 0.516. The number of nitrogens with one attached hydrogen (secondary N) is 1. The van der Waals surface area contributed by atoms with Crippen molar-refractivity contribution in [1.82, 2.24) is 19.6 Å². The molecule has 2 unspecified atom stereocenters. The van der Waals surface area contributed by atoms with Gasteiger partial charge in [-0.3, -0.25) is 4.79 Å². The number of alkyl halides is 2. The van der Waals surface area contributed by atoms with Crippen LogP contribution in [0.15, 0.2) is 42.7 Å². The van der Waals surface area contributed by atoms with E-state index in [9.17, 15) is 18.4 Å². The van der Waals surface area contributed by atoms with E-state index in [2.05, 4.69) is 15.5 Å². The highest BCUT2D eigenvalue weighted by Crippen LogP contribution is 2.55. The maximum absolute atomic E-state index is 13.6. The quantitative estimate of drug-likeness (QED) is 0.518. The second kappa shape index (κ2) is 8.50. The van der Waals surface area contributed by atoms with Gasteiger partial charge in [-0.25, -0.2) is 18.3 Å². The van der Waals surface area contributed by atoms with E-state index in [1.165, 1.54) is 6.07 Å². The summed E-state index contributed by atoms with van der Waals surface area (Å²) in [7, 11) is 0. The van der Waals surface area contributed by atoms with Crippen molar-refractivity contribution >= 4 is 29.4 Å². The number of nitrogens with zero attached hydrogens (tertiary/aromatic N) is 4. The van der Waals surface area contributed by atoms with Crippen LogP contribution in [0.4, 0.5) is 19.4 Å². The molecule has 1 aliphatic carbocycles. The molecule has 11 heteroatoms. The molecule has 0 bridgehead atoms. The number of hydrogen-bond acceptors (Lipinski definition) is 5. The highest BCUT2D eigenvalue weighted by atomic mass is 35.5. The maximum Gasteiger partial charge on any atom is 0.437 e. The van der Waals surface area contributed by atoms with Crippen molar-refractivity contribution in [2.75, 3.05) is 5.32 Å². The summed E-state index contributed by atoms with van der Waals surface area (Å²) in [6.07, 6.45) is 2.01. The predicted octanol–water partition coefficient (Wildman–Crippen LogP) is 5.37. The van der Waals surface area contributed by atoms with Gasteiger partial charge in [-0.05, 0) is 45.9 Å². The van der Waals surface area contributed by atoms with Gasteiger partial charge in [-0.15, -0.1) is 4.68 Å². The van der Waals surface area contributed by atoms with Crippen molar-refractivity contribution in [1.29, 1.82) is 0 Å². The van der Waals surface area contributed by atoms with Gasteiger partial charge in [-0.1, -0.05) is 17.7 Å². The fourth-order valence-electron chi connectivity index (χ4n) is 3.34. The number of carbonyl (C=O) groups excluding carboxylic acids is 2. The third-order valence-electron chi connectivity index (χ3n) is 5.30. The Morgan fingerprint density at radius 1 is 1.29 bits per heavy atom. The number of carbonyl (C=O) groups is 2. The second-order valence-electron chi connectivity index (χ2n) is 9.27. The first-order chi connectivity index (χ1) is 15.8. The lowest BCUT2D eigenvalue weighted by Gasteiger charge is -2.20. The van der Waals surface area contributed by atoms with E-state index in [0.717, 1.165) is 10.4 Å². The number of aromatic nitrogens is 4. The van der Waals surface area contributed by atoms with Gasteiger partial charge in [0.2, 0.25) is 5.91 Å². The minimum absolute atomic E-state index is 0.0209. The van der Waals surface area contributed by atoms with Crippen LogP contribution in [0.5, 0.6) is 0 Å². The zero-order valence-corrected chi connectivity index (χ0v) is 19.8. The Labute approximate surface area is 199 Å². The second-order valence-corrected chi connectivity index (χ2v) is 9.71. The molecular weight excluding hydrogens is 468 g/mol. The standard InChI is InChI=1S/C23H24ClF2N5O3/c1-13(14-11-27-30(12-14)16-7-5-6-15(24)8-16)20(32)28-19-9-18(17-10-23(17,25)26)29-31(19)21(33)34-22(2,3)4/h5-9,11-13,17H,10H2,1-4H3,(H,28,32). The molecule has 2 atom stereocenters. The van der Waals surface area contributed by atoms with Crippen LogP contribution in [0.2, 0.25) is 5.02 Å². The summed E-state index contributed by atoms with van der Waals surface area (Å²) in [5.74, 6) is -5.15. The molecule has 0 radical (unpaired) electrons. The van der Waals surface area contributed by atoms with E-state index < -0.39 is 35.4 Å². The predicted molar refractivity (Wildman–Crippen MR) is 122 cm³/mol. The minimum Gasteiger partial charge on any atom is -0.442 e. The van der Waals surface area contributed by atoms with Crippen molar-refractivity contribution in [2.24, 2.45) is 0 Å². The van der Waals surface area contributed by atoms with Crippen LogP contribution >= 0.6 is 11.6 Å². The molecule has 1 saturated carbocycles. The highest BCUT2D eigenvalue weighted by Gasteiger charge is 2.59. The summed E-state index contributed by atoms with van der Waals surface area (Å²) >= 11 is 6.03. The molecule has 1 aliphatic rings. The molecule has 0 aliphatic heterocycles. The number of halogens is 3. The molecule has 2 heterocycles.